The molecule has 0 aliphatic carbocycles. The number of rotatable bonds is 6. The zero-order chi connectivity index (χ0) is 26.4. The summed E-state index contributed by atoms with van der Waals surface area (Å²) in [6, 6.07) is 5.68. The van der Waals surface area contributed by atoms with Crippen molar-refractivity contribution < 1.29 is 34.8 Å². The van der Waals surface area contributed by atoms with Crippen LogP contribution < -0.4 is 15.8 Å². The molecule has 0 saturated heterocycles. The number of nitrogen functional groups attached to an aromatic ring is 1. The summed E-state index contributed by atoms with van der Waals surface area (Å²) in [5.74, 6) is -0.183. The molecule has 0 fully saturated rings. The van der Waals surface area contributed by atoms with Gasteiger partial charge >= 0.3 is 12.4 Å². The van der Waals surface area contributed by atoms with Gasteiger partial charge in [0.1, 0.15) is 5.54 Å². The molecule has 16 heteroatoms. The topological polar surface area (TPSA) is 126 Å². The quantitative estimate of drug-likeness (QED) is 0.322. The van der Waals surface area contributed by atoms with Gasteiger partial charge in [-0.15, -0.1) is 5.10 Å². The summed E-state index contributed by atoms with van der Waals surface area (Å²) in [4.78, 5) is 3.14. The zero-order valence-corrected chi connectivity index (χ0v) is 19.4. The molecular weight excluding hydrogens is 526 g/mol. The van der Waals surface area contributed by atoms with E-state index in [-0.39, 0.29) is 28.2 Å². The second kappa shape index (κ2) is 8.87. The van der Waals surface area contributed by atoms with Crippen molar-refractivity contribution in [3.8, 4) is 11.1 Å². The number of nitrogens with two attached hydrogens (primary N) is 1. The van der Waals surface area contributed by atoms with E-state index >= 15 is 0 Å². The average Bonchev–Trinajstić information content (AvgIpc) is 3.10. The van der Waals surface area contributed by atoms with Gasteiger partial charge in [-0.05, 0) is 43.7 Å². The van der Waals surface area contributed by atoms with Crippen LogP contribution in [0.15, 0.2) is 41.3 Å². The molecule has 0 aliphatic heterocycles. The number of anilines is 3. The number of nitrogens with zero attached hydrogens (tertiary/aromatic N) is 2. The summed E-state index contributed by atoms with van der Waals surface area (Å²) < 4.78 is 107. The second-order valence-electron chi connectivity index (χ2n) is 7.80. The number of aromatic nitrogens is 3. The van der Waals surface area contributed by atoms with Crippen LogP contribution in [-0.2, 0) is 16.2 Å². The Bertz CT molecular complexity index is 1340. The summed E-state index contributed by atoms with van der Waals surface area (Å²) in [6.45, 7) is 1.27. The fourth-order valence-corrected chi connectivity index (χ4v) is 4.64. The summed E-state index contributed by atoms with van der Waals surface area (Å²) in [7, 11) is -4.65. The van der Waals surface area contributed by atoms with Crippen LogP contribution in [0.4, 0.5) is 43.9 Å². The maximum atomic E-state index is 13.8. The Kier molecular flexibility index (Phi) is 6.73. The van der Waals surface area contributed by atoms with Gasteiger partial charge in [-0.25, -0.2) is 13.5 Å². The predicted octanol–water partition coefficient (Wildman–Crippen LogP) is 5.09. The first kappa shape index (κ1) is 26.6. The van der Waals surface area contributed by atoms with Crippen LogP contribution in [0.5, 0.6) is 0 Å². The normalized spacial score (nSPS) is 13.2. The number of alkyl halides is 6. The molecule has 5 N–H and O–H groups in total. The van der Waals surface area contributed by atoms with Crippen LogP contribution in [0.1, 0.15) is 19.4 Å². The van der Waals surface area contributed by atoms with Crippen molar-refractivity contribution in [3.63, 3.8) is 0 Å². The molecule has 2 aromatic carbocycles. The maximum absolute atomic E-state index is 13.8. The van der Waals surface area contributed by atoms with E-state index in [2.05, 4.69) is 20.5 Å². The molecule has 0 saturated carbocycles. The van der Waals surface area contributed by atoms with E-state index in [1.165, 1.54) is 4.72 Å². The first-order valence-electron chi connectivity index (χ1n) is 9.47. The van der Waals surface area contributed by atoms with Gasteiger partial charge in [-0.1, -0.05) is 23.7 Å². The minimum atomic E-state index is -4.89. The minimum absolute atomic E-state index is 0.0746. The van der Waals surface area contributed by atoms with Crippen LogP contribution in [0.3, 0.4) is 0 Å². The molecule has 0 bridgehead atoms. The first-order valence-corrected chi connectivity index (χ1v) is 11.3. The fraction of sp³-hybridized carbons (Fsp3) is 0.263. The molecule has 1 aromatic heterocycles. The van der Waals surface area contributed by atoms with Crippen molar-refractivity contribution >= 4 is 39.2 Å². The van der Waals surface area contributed by atoms with E-state index in [9.17, 15) is 34.8 Å². The van der Waals surface area contributed by atoms with E-state index in [0.717, 1.165) is 36.4 Å². The smallest absolute Gasteiger partial charge is 0.368 e. The Labute approximate surface area is 199 Å². The molecule has 35 heavy (non-hydrogen) atoms. The van der Waals surface area contributed by atoms with Crippen LogP contribution in [-0.4, -0.2) is 35.3 Å². The van der Waals surface area contributed by atoms with E-state index < -0.39 is 43.9 Å². The molecule has 1 heterocycles. The molecule has 0 amide bonds. The molecule has 3 aromatic rings. The average molecular weight is 543 g/mol. The summed E-state index contributed by atoms with van der Waals surface area (Å²) in [5, 5.41) is 8.14. The molecule has 0 atom stereocenters. The molecule has 190 valence electrons. The monoisotopic (exact) mass is 542 g/mol. The fourth-order valence-electron chi connectivity index (χ4n) is 2.91. The van der Waals surface area contributed by atoms with Gasteiger partial charge in [0.2, 0.25) is 21.9 Å². The van der Waals surface area contributed by atoms with Crippen molar-refractivity contribution in [1.29, 1.82) is 0 Å². The van der Waals surface area contributed by atoms with E-state index in [0.29, 0.717) is 13.8 Å². The van der Waals surface area contributed by atoms with Crippen LogP contribution in [0.2, 0.25) is 5.02 Å². The number of sulfonamides is 1. The predicted molar refractivity (Wildman–Crippen MR) is 116 cm³/mol. The number of hydrogen-bond donors (Lipinski definition) is 4. The zero-order valence-electron chi connectivity index (χ0n) is 17.8. The van der Waals surface area contributed by atoms with Crippen molar-refractivity contribution in [3.05, 3.63) is 47.0 Å². The van der Waals surface area contributed by atoms with Crippen molar-refractivity contribution in [2.24, 2.45) is 0 Å². The standard InChI is InChI=1S/C19H17ClF6N6O2S/c1-17(2,19(24,25)26)32-35(33,34)11-5-3-9(4-6-11)14-12(18(21,22)23)7-10(8-13(14)20)28-16-29-15(27)30-31-16/h3-8,32H,1-2H3,(H4,27,28,29,30,31). The number of nitrogens with one attached hydrogen (secondary N) is 3. The molecular formula is C19H17ClF6N6O2S. The second-order valence-corrected chi connectivity index (χ2v) is 9.89. The van der Waals surface area contributed by atoms with E-state index in [1.54, 1.807) is 0 Å². The van der Waals surface area contributed by atoms with Gasteiger partial charge in [0.25, 0.3) is 0 Å². The van der Waals surface area contributed by atoms with Crippen LogP contribution in [0, 0.1) is 0 Å². The van der Waals surface area contributed by atoms with Crippen molar-refractivity contribution in [2.45, 2.75) is 36.6 Å². The third-order valence-corrected chi connectivity index (χ3v) is 6.68. The van der Waals surface area contributed by atoms with Gasteiger partial charge in [-0.3, -0.25) is 0 Å². The molecule has 0 unspecified atom stereocenters. The lowest BCUT2D eigenvalue weighted by molar-refractivity contribution is -0.180. The van der Waals surface area contributed by atoms with Gasteiger partial charge in [0, 0.05) is 11.3 Å². The Morgan fingerprint density at radius 2 is 1.63 bits per heavy atom. The maximum Gasteiger partial charge on any atom is 0.417 e. The minimum Gasteiger partial charge on any atom is -0.368 e. The Morgan fingerprint density at radius 3 is 2.11 bits per heavy atom. The SMILES string of the molecule is CC(C)(NS(=O)(=O)c1ccc(-c2c(Cl)cc(Nc3n[nH]c(N)n3)cc2C(F)(F)F)cc1)C(F)(F)F. The number of halogens is 7. The lowest BCUT2D eigenvalue weighted by Gasteiger charge is -2.28. The molecule has 3 rings (SSSR count). The molecule has 0 spiro atoms. The number of hydrogen-bond acceptors (Lipinski definition) is 6. The Hall–Kier alpha value is -3.04. The Balaban J connectivity index is 2.00. The van der Waals surface area contributed by atoms with Gasteiger partial charge in [-0.2, -0.15) is 36.0 Å². The highest BCUT2D eigenvalue weighted by Crippen LogP contribution is 2.43. The molecule has 8 nitrogen and oxygen atoms in total. The van der Waals surface area contributed by atoms with E-state index in [1.807, 2.05) is 0 Å². The lowest BCUT2D eigenvalue weighted by Crippen LogP contribution is -2.54. The van der Waals surface area contributed by atoms with Crippen molar-refractivity contribution in [2.75, 3.05) is 11.1 Å². The van der Waals surface area contributed by atoms with Gasteiger partial charge in [0.15, 0.2) is 0 Å². The highest BCUT2D eigenvalue weighted by atomic mass is 35.5. The Morgan fingerprint density at radius 1 is 1.03 bits per heavy atom. The number of benzene rings is 2. The van der Waals surface area contributed by atoms with Gasteiger partial charge in [0.05, 0.1) is 15.5 Å². The highest BCUT2D eigenvalue weighted by Gasteiger charge is 2.49. The summed E-state index contributed by atoms with van der Waals surface area (Å²) in [5.41, 5.74) is 0.738. The van der Waals surface area contributed by atoms with Crippen molar-refractivity contribution in [1.82, 2.24) is 19.9 Å². The van der Waals surface area contributed by atoms with Gasteiger partial charge < -0.3 is 11.1 Å². The van der Waals surface area contributed by atoms with E-state index in [4.69, 9.17) is 17.3 Å². The molecule has 0 radical (unpaired) electrons. The molecule has 0 aliphatic rings. The summed E-state index contributed by atoms with van der Waals surface area (Å²) in [6.07, 6.45) is -9.76. The largest absolute Gasteiger partial charge is 0.417 e. The number of H-pyrrole nitrogens is 1. The van der Waals surface area contributed by atoms with Crippen LogP contribution >= 0.6 is 11.6 Å². The number of aromatic amines is 1. The first-order chi connectivity index (χ1) is 15.9. The third-order valence-electron chi connectivity index (χ3n) is 4.71. The summed E-state index contributed by atoms with van der Waals surface area (Å²) >= 11 is 6.14. The van der Waals surface area contributed by atoms with Crippen LogP contribution in [0.25, 0.3) is 11.1 Å². The highest BCUT2D eigenvalue weighted by molar-refractivity contribution is 7.89. The third kappa shape index (κ3) is 5.79. The lowest BCUT2D eigenvalue weighted by atomic mass is 9.98.